The van der Waals surface area contributed by atoms with Crippen LogP contribution in [-0.2, 0) is 13.0 Å². The van der Waals surface area contributed by atoms with Crippen molar-refractivity contribution in [2.24, 2.45) is 0 Å². The Morgan fingerprint density at radius 1 is 1.40 bits per heavy atom. The molecule has 1 aliphatic rings. The summed E-state index contributed by atoms with van der Waals surface area (Å²) < 4.78 is 27.2. The number of aromatic nitrogens is 1. The van der Waals surface area contributed by atoms with Gasteiger partial charge < -0.3 is 4.98 Å². The van der Waals surface area contributed by atoms with Crippen LogP contribution in [0.15, 0.2) is 18.2 Å². The van der Waals surface area contributed by atoms with Crippen molar-refractivity contribution in [3.05, 3.63) is 35.3 Å². The van der Waals surface area contributed by atoms with Gasteiger partial charge in [0.2, 0.25) is 0 Å². The molecular formula is C16H20F2N2. The summed E-state index contributed by atoms with van der Waals surface area (Å²) in [5.41, 5.74) is 1.97. The number of fused-ring (bicyclic) bond motifs is 3. The lowest BCUT2D eigenvalue weighted by atomic mass is 9.96. The highest BCUT2D eigenvalue weighted by atomic mass is 19.1. The van der Waals surface area contributed by atoms with Crippen LogP contribution in [-0.4, -0.2) is 28.1 Å². The summed E-state index contributed by atoms with van der Waals surface area (Å²) in [6.45, 7) is 6.44. The zero-order valence-electron chi connectivity index (χ0n) is 12.1. The zero-order chi connectivity index (χ0) is 14.5. The van der Waals surface area contributed by atoms with E-state index in [-0.39, 0.29) is 5.82 Å². The summed E-state index contributed by atoms with van der Waals surface area (Å²) >= 11 is 0. The number of nitrogens with zero attached hydrogens (tertiary/aromatic N) is 1. The number of aromatic amines is 1. The molecule has 0 saturated heterocycles. The van der Waals surface area contributed by atoms with Crippen molar-refractivity contribution in [1.82, 2.24) is 9.88 Å². The normalized spacial score (nSPS) is 20.4. The summed E-state index contributed by atoms with van der Waals surface area (Å²) in [6, 6.07) is 5.16. The van der Waals surface area contributed by atoms with E-state index in [0.29, 0.717) is 19.1 Å². The molecule has 0 radical (unpaired) electrons. The number of alkyl halides is 1. The molecule has 0 amide bonds. The van der Waals surface area contributed by atoms with Gasteiger partial charge in [0.15, 0.2) is 0 Å². The molecule has 3 rings (SSSR count). The van der Waals surface area contributed by atoms with Gasteiger partial charge in [0.25, 0.3) is 0 Å². The Balaban J connectivity index is 1.96. The van der Waals surface area contributed by atoms with Crippen LogP contribution in [0.4, 0.5) is 8.78 Å². The molecule has 0 spiro atoms. The summed E-state index contributed by atoms with van der Waals surface area (Å²) in [5.74, 6) is -0.231. The first kappa shape index (κ1) is 13.6. The minimum absolute atomic E-state index is 0.231. The third-order valence-corrected chi connectivity index (χ3v) is 4.02. The number of hydrogen-bond donors (Lipinski definition) is 1. The number of halogens is 2. The van der Waals surface area contributed by atoms with Gasteiger partial charge in [0.05, 0.1) is 0 Å². The number of H-pyrrole nitrogens is 1. The van der Waals surface area contributed by atoms with Crippen LogP contribution < -0.4 is 0 Å². The quantitative estimate of drug-likeness (QED) is 0.885. The maximum absolute atomic E-state index is 13.9. The van der Waals surface area contributed by atoms with Gasteiger partial charge in [0.1, 0.15) is 11.5 Å². The molecule has 2 nitrogen and oxygen atoms in total. The zero-order valence-corrected chi connectivity index (χ0v) is 12.1. The Morgan fingerprint density at radius 3 is 2.85 bits per heavy atom. The number of nitrogens with one attached hydrogen (secondary N) is 1. The van der Waals surface area contributed by atoms with Crippen LogP contribution in [0.3, 0.4) is 0 Å². The van der Waals surface area contributed by atoms with Gasteiger partial charge in [-0.3, -0.25) is 4.90 Å². The molecule has 108 valence electrons. The monoisotopic (exact) mass is 278 g/mol. The van der Waals surface area contributed by atoms with Gasteiger partial charge in [-0.05, 0) is 51.0 Å². The first-order valence-electron chi connectivity index (χ1n) is 7.05. The Morgan fingerprint density at radius 2 is 2.15 bits per heavy atom. The molecule has 1 aromatic carbocycles. The van der Waals surface area contributed by atoms with E-state index in [2.05, 4.69) is 16.8 Å². The largest absolute Gasteiger partial charge is 0.357 e. The second kappa shape index (κ2) is 4.55. The SMILES string of the molecule is C[C@@H]1Cc2c([nH]c3cc(F)ccc23)CN1CC(C)(C)F. The van der Waals surface area contributed by atoms with Crippen molar-refractivity contribution >= 4 is 10.9 Å². The van der Waals surface area contributed by atoms with E-state index in [1.807, 2.05) is 6.07 Å². The highest BCUT2D eigenvalue weighted by molar-refractivity contribution is 5.85. The van der Waals surface area contributed by atoms with Gasteiger partial charge in [0, 0.05) is 35.7 Å². The molecule has 2 aromatic rings. The molecule has 0 saturated carbocycles. The number of hydrogen-bond acceptors (Lipinski definition) is 1. The van der Waals surface area contributed by atoms with Crippen LogP contribution in [0.25, 0.3) is 10.9 Å². The fourth-order valence-electron chi connectivity index (χ4n) is 3.13. The molecule has 2 heterocycles. The molecule has 1 atom stereocenters. The first-order valence-corrected chi connectivity index (χ1v) is 7.05. The van der Waals surface area contributed by atoms with Crippen molar-refractivity contribution in [2.75, 3.05) is 6.54 Å². The smallest absolute Gasteiger partial charge is 0.125 e. The van der Waals surface area contributed by atoms with Crippen LogP contribution in [0.5, 0.6) is 0 Å². The fourth-order valence-corrected chi connectivity index (χ4v) is 3.13. The summed E-state index contributed by atoms with van der Waals surface area (Å²) in [4.78, 5) is 5.44. The Kier molecular flexibility index (Phi) is 3.09. The average molecular weight is 278 g/mol. The van der Waals surface area contributed by atoms with E-state index in [0.717, 1.165) is 23.0 Å². The van der Waals surface area contributed by atoms with Crippen LogP contribution in [0.2, 0.25) is 0 Å². The van der Waals surface area contributed by atoms with E-state index in [4.69, 9.17) is 0 Å². The molecule has 20 heavy (non-hydrogen) atoms. The van der Waals surface area contributed by atoms with Crippen LogP contribution in [0.1, 0.15) is 32.0 Å². The van der Waals surface area contributed by atoms with E-state index in [1.54, 1.807) is 13.8 Å². The molecule has 1 aromatic heterocycles. The summed E-state index contributed by atoms with van der Waals surface area (Å²) in [5, 5.41) is 1.09. The Bertz CT molecular complexity index is 640. The predicted octanol–water partition coefficient (Wildman–Crippen LogP) is 3.80. The van der Waals surface area contributed by atoms with E-state index >= 15 is 0 Å². The van der Waals surface area contributed by atoms with Gasteiger partial charge in [-0.1, -0.05) is 0 Å². The average Bonchev–Trinajstić information content (AvgIpc) is 2.64. The maximum Gasteiger partial charge on any atom is 0.125 e. The van der Waals surface area contributed by atoms with Crippen molar-refractivity contribution in [3.8, 4) is 0 Å². The third-order valence-electron chi connectivity index (χ3n) is 4.02. The lowest BCUT2D eigenvalue weighted by Gasteiger charge is -2.36. The summed E-state index contributed by atoms with van der Waals surface area (Å²) in [6.07, 6.45) is 0.872. The van der Waals surface area contributed by atoms with Gasteiger partial charge in [-0.15, -0.1) is 0 Å². The molecule has 0 fully saturated rings. The third kappa shape index (κ3) is 2.44. The van der Waals surface area contributed by atoms with Gasteiger partial charge >= 0.3 is 0 Å². The molecular weight excluding hydrogens is 258 g/mol. The lowest BCUT2D eigenvalue weighted by Crippen LogP contribution is -2.44. The Hall–Kier alpha value is -1.42. The highest BCUT2D eigenvalue weighted by Crippen LogP contribution is 2.31. The van der Waals surface area contributed by atoms with Crippen molar-refractivity contribution in [2.45, 2.75) is 45.4 Å². The number of benzene rings is 1. The molecule has 0 bridgehead atoms. The predicted molar refractivity (Wildman–Crippen MR) is 77.0 cm³/mol. The standard InChI is InChI=1S/C16H20F2N2/c1-10-6-13-12-5-4-11(17)7-14(12)19-15(13)8-20(10)9-16(2,3)18/h4-5,7,10,19H,6,8-9H2,1-3H3/t10-/m1/s1. The van der Waals surface area contributed by atoms with E-state index in [9.17, 15) is 8.78 Å². The summed E-state index contributed by atoms with van der Waals surface area (Å²) in [7, 11) is 0. The molecule has 0 aliphatic carbocycles. The number of rotatable bonds is 2. The van der Waals surface area contributed by atoms with Crippen molar-refractivity contribution in [3.63, 3.8) is 0 Å². The van der Waals surface area contributed by atoms with Gasteiger partial charge in [-0.25, -0.2) is 8.78 Å². The minimum Gasteiger partial charge on any atom is -0.357 e. The minimum atomic E-state index is -1.20. The van der Waals surface area contributed by atoms with Crippen LogP contribution >= 0.6 is 0 Å². The highest BCUT2D eigenvalue weighted by Gasteiger charge is 2.30. The van der Waals surface area contributed by atoms with Crippen molar-refractivity contribution < 1.29 is 8.78 Å². The maximum atomic E-state index is 13.9. The topological polar surface area (TPSA) is 19.0 Å². The second-order valence-electron chi connectivity index (χ2n) is 6.45. The molecule has 1 N–H and O–H groups in total. The van der Waals surface area contributed by atoms with E-state index in [1.165, 1.54) is 17.7 Å². The molecule has 4 heteroatoms. The Labute approximate surface area is 117 Å². The van der Waals surface area contributed by atoms with Gasteiger partial charge in [-0.2, -0.15) is 0 Å². The van der Waals surface area contributed by atoms with Crippen molar-refractivity contribution in [1.29, 1.82) is 0 Å². The van der Waals surface area contributed by atoms with Crippen LogP contribution in [0, 0.1) is 5.82 Å². The van der Waals surface area contributed by atoms with E-state index < -0.39 is 5.67 Å². The second-order valence-corrected chi connectivity index (χ2v) is 6.45. The fraction of sp³-hybridized carbons (Fsp3) is 0.500. The molecule has 0 unspecified atom stereocenters. The lowest BCUT2D eigenvalue weighted by molar-refractivity contribution is 0.0853. The molecule has 1 aliphatic heterocycles. The first-order chi connectivity index (χ1) is 9.33.